The van der Waals surface area contributed by atoms with Crippen LogP contribution in [0.5, 0.6) is 5.88 Å². The van der Waals surface area contributed by atoms with Crippen LogP contribution in [0.25, 0.3) is 5.57 Å². The lowest BCUT2D eigenvalue weighted by molar-refractivity contribution is 0.455. The summed E-state index contributed by atoms with van der Waals surface area (Å²) >= 11 is 0.824. The second kappa shape index (κ2) is 6.73. The van der Waals surface area contributed by atoms with Gasteiger partial charge >= 0.3 is 4.87 Å². The predicted octanol–water partition coefficient (Wildman–Crippen LogP) is 3.71. The number of aromatic amines is 1. The quantitative estimate of drug-likeness (QED) is 0.723. The third kappa shape index (κ3) is 3.22. The van der Waals surface area contributed by atoms with E-state index < -0.39 is 16.5 Å². The Labute approximate surface area is 155 Å². The van der Waals surface area contributed by atoms with Gasteiger partial charge in [0.2, 0.25) is 5.88 Å². The number of thiazole rings is 1. The standard InChI is InChI=1S/C19H11F2N3O2S/c20-12-6-11(7-13(21)8-12)16-14(9-22-24-16)15(10-4-2-1-3-5-10)17-18(25)23-19(26)27-17/h1-9,25H,(H,23,26). The van der Waals surface area contributed by atoms with Crippen LogP contribution in [-0.4, -0.2) is 22.0 Å². The molecule has 2 aromatic carbocycles. The second-order valence-electron chi connectivity index (χ2n) is 5.70. The number of aromatic hydroxyl groups is 1. The van der Waals surface area contributed by atoms with E-state index >= 15 is 0 Å². The van der Waals surface area contributed by atoms with Gasteiger partial charge in [0.15, 0.2) is 0 Å². The SMILES string of the molecule is O=c1[nH]c(O)c(C(=C2C=NN=C2c2cc(F)cc(F)c2)c2ccccc2)s1. The van der Waals surface area contributed by atoms with Crippen molar-refractivity contribution < 1.29 is 13.9 Å². The molecule has 1 aliphatic heterocycles. The van der Waals surface area contributed by atoms with Crippen molar-refractivity contribution in [2.24, 2.45) is 10.2 Å². The molecule has 0 bridgehead atoms. The second-order valence-corrected chi connectivity index (χ2v) is 6.68. The number of halogens is 2. The van der Waals surface area contributed by atoms with Gasteiger partial charge in [-0.3, -0.25) is 9.78 Å². The number of hydrogen-bond acceptors (Lipinski definition) is 5. The fourth-order valence-electron chi connectivity index (χ4n) is 2.85. The summed E-state index contributed by atoms with van der Waals surface area (Å²) in [5.41, 5.74) is 2.07. The zero-order chi connectivity index (χ0) is 19.0. The van der Waals surface area contributed by atoms with E-state index in [1.54, 1.807) is 24.3 Å². The molecule has 2 N–H and O–H groups in total. The Morgan fingerprint density at radius 3 is 2.41 bits per heavy atom. The molecule has 0 aliphatic carbocycles. The molecule has 2 heterocycles. The molecule has 5 nitrogen and oxygen atoms in total. The Kier molecular flexibility index (Phi) is 4.25. The Morgan fingerprint density at radius 2 is 1.78 bits per heavy atom. The van der Waals surface area contributed by atoms with Crippen LogP contribution in [0.3, 0.4) is 0 Å². The average molecular weight is 383 g/mol. The molecule has 27 heavy (non-hydrogen) atoms. The lowest BCUT2D eigenvalue weighted by atomic mass is 9.93. The third-order valence-corrected chi connectivity index (χ3v) is 4.81. The Hall–Kier alpha value is -3.39. The highest BCUT2D eigenvalue weighted by atomic mass is 32.1. The van der Waals surface area contributed by atoms with Crippen molar-refractivity contribution in [2.75, 3.05) is 0 Å². The lowest BCUT2D eigenvalue weighted by Crippen LogP contribution is -2.07. The van der Waals surface area contributed by atoms with E-state index in [0.717, 1.165) is 29.5 Å². The molecule has 3 aromatic rings. The monoisotopic (exact) mass is 383 g/mol. The molecule has 134 valence electrons. The molecule has 0 unspecified atom stereocenters. The van der Waals surface area contributed by atoms with Crippen molar-refractivity contribution in [3.05, 3.63) is 91.4 Å². The van der Waals surface area contributed by atoms with Crippen LogP contribution in [0.4, 0.5) is 8.78 Å². The van der Waals surface area contributed by atoms with Gasteiger partial charge in [-0.25, -0.2) is 8.78 Å². The first kappa shape index (κ1) is 17.0. The number of rotatable bonds is 3. The summed E-state index contributed by atoms with van der Waals surface area (Å²) in [5, 5.41) is 18.1. The molecular weight excluding hydrogens is 372 g/mol. The summed E-state index contributed by atoms with van der Waals surface area (Å²) in [7, 11) is 0. The zero-order valence-corrected chi connectivity index (χ0v) is 14.4. The van der Waals surface area contributed by atoms with Gasteiger partial charge in [-0.05, 0) is 17.7 Å². The highest BCUT2D eigenvalue weighted by Gasteiger charge is 2.24. The first-order valence-corrected chi connectivity index (χ1v) is 8.64. The van der Waals surface area contributed by atoms with Crippen LogP contribution in [0, 0.1) is 11.6 Å². The average Bonchev–Trinajstić information content (AvgIpc) is 3.22. The van der Waals surface area contributed by atoms with Crippen molar-refractivity contribution in [3.63, 3.8) is 0 Å². The maximum atomic E-state index is 13.7. The maximum absolute atomic E-state index is 13.7. The Balaban J connectivity index is 1.99. The zero-order valence-electron chi connectivity index (χ0n) is 13.6. The van der Waals surface area contributed by atoms with Crippen LogP contribution in [0.15, 0.2) is 69.1 Å². The lowest BCUT2D eigenvalue weighted by Gasteiger charge is -2.11. The number of nitrogens with one attached hydrogen (secondary N) is 1. The van der Waals surface area contributed by atoms with E-state index in [-0.39, 0.29) is 17.2 Å². The molecule has 4 rings (SSSR count). The van der Waals surface area contributed by atoms with Crippen LogP contribution < -0.4 is 4.87 Å². The minimum atomic E-state index is -0.741. The predicted molar refractivity (Wildman–Crippen MR) is 100 cm³/mol. The normalized spacial score (nSPS) is 15.1. The topological polar surface area (TPSA) is 77.8 Å². The number of H-pyrrole nitrogens is 1. The van der Waals surface area contributed by atoms with Gasteiger partial charge in [0.25, 0.3) is 0 Å². The number of aromatic nitrogens is 1. The number of benzene rings is 2. The van der Waals surface area contributed by atoms with Crippen LogP contribution in [0.2, 0.25) is 0 Å². The van der Waals surface area contributed by atoms with Gasteiger partial charge in [0.1, 0.15) is 22.2 Å². The molecule has 0 radical (unpaired) electrons. The van der Waals surface area contributed by atoms with E-state index in [1.807, 2.05) is 6.07 Å². The molecule has 0 fully saturated rings. The van der Waals surface area contributed by atoms with Crippen molar-refractivity contribution in [1.29, 1.82) is 0 Å². The van der Waals surface area contributed by atoms with Gasteiger partial charge in [-0.1, -0.05) is 41.7 Å². The van der Waals surface area contributed by atoms with Crippen molar-refractivity contribution in [2.45, 2.75) is 0 Å². The Morgan fingerprint density at radius 1 is 1.07 bits per heavy atom. The van der Waals surface area contributed by atoms with Gasteiger partial charge in [-0.15, -0.1) is 5.10 Å². The fourth-order valence-corrected chi connectivity index (χ4v) is 3.66. The minimum absolute atomic E-state index is 0.204. The van der Waals surface area contributed by atoms with Gasteiger partial charge in [0.05, 0.1) is 6.21 Å². The smallest absolute Gasteiger partial charge is 0.307 e. The van der Waals surface area contributed by atoms with Crippen LogP contribution >= 0.6 is 11.3 Å². The number of allylic oxidation sites excluding steroid dienone is 1. The van der Waals surface area contributed by atoms with E-state index in [2.05, 4.69) is 15.2 Å². The van der Waals surface area contributed by atoms with E-state index in [0.29, 0.717) is 21.6 Å². The number of nitrogens with zero attached hydrogens (tertiary/aromatic N) is 2. The fraction of sp³-hybridized carbons (Fsp3) is 0. The summed E-state index contributed by atoms with van der Waals surface area (Å²) < 4.78 is 27.4. The first-order chi connectivity index (χ1) is 13.0. The van der Waals surface area contributed by atoms with Gasteiger partial charge < -0.3 is 5.11 Å². The molecule has 1 aromatic heterocycles. The molecule has 0 atom stereocenters. The summed E-state index contributed by atoms with van der Waals surface area (Å²) in [6, 6.07) is 12.1. The molecule has 8 heteroatoms. The van der Waals surface area contributed by atoms with E-state index in [4.69, 9.17) is 0 Å². The van der Waals surface area contributed by atoms with Crippen molar-refractivity contribution >= 4 is 28.8 Å². The van der Waals surface area contributed by atoms with Crippen molar-refractivity contribution in [1.82, 2.24) is 4.98 Å². The van der Waals surface area contributed by atoms with Crippen LogP contribution in [-0.2, 0) is 0 Å². The molecule has 0 amide bonds. The summed E-state index contributed by atoms with van der Waals surface area (Å²) in [6.07, 6.45) is 1.43. The highest BCUT2D eigenvalue weighted by Crippen LogP contribution is 2.35. The van der Waals surface area contributed by atoms with Gasteiger partial charge in [-0.2, -0.15) is 5.10 Å². The molecule has 1 aliphatic rings. The van der Waals surface area contributed by atoms with E-state index in [1.165, 1.54) is 6.21 Å². The molecule has 0 spiro atoms. The Bertz CT molecular complexity index is 1160. The maximum Gasteiger partial charge on any atom is 0.307 e. The van der Waals surface area contributed by atoms with Crippen molar-refractivity contribution in [3.8, 4) is 5.88 Å². The van der Waals surface area contributed by atoms with Gasteiger partial charge in [0, 0.05) is 22.8 Å². The minimum Gasteiger partial charge on any atom is -0.493 e. The van der Waals surface area contributed by atoms with Crippen LogP contribution in [0.1, 0.15) is 16.0 Å². The largest absolute Gasteiger partial charge is 0.493 e. The highest BCUT2D eigenvalue weighted by molar-refractivity contribution is 7.10. The summed E-state index contributed by atoms with van der Waals surface area (Å²) in [4.78, 5) is 13.9. The summed E-state index contributed by atoms with van der Waals surface area (Å²) in [5.74, 6) is -1.77. The molecule has 0 saturated carbocycles. The first-order valence-electron chi connectivity index (χ1n) is 7.83. The molecular formula is C19H11F2N3O2S. The van der Waals surface area contributed by atoms with E-state index in [9.17, 15) is 18.7 Å². The molecule has 0 saturated heterocycles. The third-order valence-electron chi connectivity index (χ3n) is 3.92. The number of hydrogen-bond donors (Lipinski definition) is 2. The summed E-state index contributed by atoms with van der Waals surface area (Å²) in [6.45, 7) is 0.